The zero-order valence-electron chi connectivity index (χ0n) is 11.4. The van der Waals surface area contributed by atoms with Gasteiger partial charge in [-0.25, -0.2) is 4.79 Å². The molecule has 21 heavy (non-hydrogen) atoms. The molecular formula is C13H16BrN3O4. The van der Waals surface area contributed by atoms with Crippen molar-refractivity contribution in [1.29, 1.82) is 0 Å². The number of anilines is 1. The summed E-state index contributed by atoms with van der Waals surface area (Å²) in [5.74, 6) is -1.54. The molecule has 8 heteroatoms. The van der Waals surface area contributed by atoms with Crippen molar-refractivity contribution in [2.75, 3.05) is 11.9 Å². The Morgan fingerprint density at radius 3 is 2.43 bits per heavy atom. The summed E-state index contributed by atoms with van der Waals surface area (Å²) < 4.78 is 0.901. The van der Waals surface area contributed by atoms with Crippen LogP contribution in [0.15, 0.2) is 28.7 Å². The number of halogens is 1. The minimum Gasteiger partial charge on any atom is -0.480 e. The number of nitrogens with one attached hydrogen (secondary N) is 3. The van der Waals surface area contributed by atoms with Gasteiger partial charge < -0.3 is 21.1 Å². The third kappa shape index (κ3) is 6.75. The van der Waals surface area contributed by atoms with E-state index in [2.05, 4.69) is 31.9 Å². The average molecular weight is 358 g/mol. The molecule has 0 heterocycles. The van der Waals surface area contributed by atoms with Crippen LogP contribution in [0.2, 0.25) is 0 Å². The van der Waals surface area contributed by atoms with Crippen LogP contribution in [0.4, 0.5) is 10.5 Å². The molecule has 7 nitrogen and oxygen atoms in total. The maximum Gasteiger partial charge on any atom is 0.325 e. The van der Waals surface area contributed by atoms with Crippen LogP contribution >= 0.6 is 15.9 Å². The topological polar surface area (TPSA) is 108 Å². The standard InChI is InChI=1S/C13H16BrN3O4/c1-8(12(19)20)16-11(18)6-7-15-13(21)17-10-4-2-9(14)3-5-10/h2-5,8H,6-7H2,1H3,(H,16,18)(H,19,20)(H2,15,17,21). The van der Waals surface area contributed by atoms with Gasteiger partial charge in [0.2, 0.25) is 5.91 Å². The number of carboxylic acids is 1. The zero-order chi connectivity index (χ0) is 15.8. The second-order valence-corrected chi connectivity index (χ2v) is 5.18. The van der Waals surface area contributed by atoms with Gasteiger partial charge >= 0.3 is 12.0 Å². The number of urea groups is 1. The number of amides is 3. The lowest BCUT2D eigenvalue weighted by Crippen LogP contribution is -2.40. The molecule has 1 rings (SSSR count). The molecule has 0 aliphatic rings. The summed E-state index contributed by atoms with van der Waals surface area (Å²) in [6, 6.07) is 5.65. The third-order valence-corrected chi connectivity index (χ3v) is 3.02. The predicted octanol–water partition coefficient (Wildman–Crippen LogP) is 1.55. The molecule has 0 aliphatic carbocycles. The third-order valence-electron chi connectivity index (χ3n) is 2.49. The molecule has 0 bridgehead atoms. The fourth-order valence-electron chi connectivity index (χ4n) is 1.37. The molecule has 1 aromatic carbocycles. The molecule has 114 valence electrons. The average Bonchev–Trinajstić information content (AvgIpc) is 2.41. The van der Waals surface area contributed by atoms with E-state index in [1.807, 2.05) is 0 Å². The Morgan fingerprint density at radius 2 is 1.86 bits per heavy atom. The number of benzene rings is 1. The monoisotopic (exact) mass is 357 g/mol. The summed E-state index contributed by atoms with van der Waals surface area (Å²) in [6.07, 6.45) is 0.00534. The van der Waals surface area contributed by atoms with Gasteiger partial charge in [0.15, 0.2) is 0 Å². The number of carbonyl (C=O) groups excluding carboxylic acids is 2. The number of rotatable bonds is 6. The Hall–Kier alpha value is -2.09. The Bertz CT molecular complexity index is 519. The zero-order valence-corrected chi connectivity index (χ0v) is 12.9. The van der Waals surface area contributed by atoms with Crippen LogP contribution in [-0.2, 0) is 9.59 Å². The van der Waals surface area contributed by atoms with Crippen molar-refractivity contribution in [2.24, 2.45) is 0 Å². The molecule has 0 spiro atoms. The largest absolute Gasteiger partial charge is 0.480 e. The van der Waals surface area contributed by atoms with E-state index < -0.39 is 23.9 Å². The van der Waals surface area contributed by atoms with E-state index >= 15 is 0 Å². The molecule has 1 unspecified atom stereocenters. The lowest BCUT2D eigenvalue weighted by molar-refractivity contribution is -0.141. The Morgan fingerprint density at radius 1 is 1.24 bits per heavy atom. The molecule has 0 saturated heterocycles. The highest BCUT2D eigenvalue weighted by atomic mass is 79.9. The molecule has 0 aliphatic heterocycles. The molecular weight excluding hydrogens is 342 g/mol. The second kappa shape index (κ2) is 8.25. The molecule has 1 atom stereocenters. The van der Waals surface area contributed by atoms with Crippen LogP contribution in [0.3, 0.4) is 0 Å². The van der Waals surface area contributed by atoms with Crippen molar-refractivity contribution < 1.29 is 19.5 Å². The summed E-state index contributed by atoms with van der Waals surface area (Å²) in [5.41, 5.74) is 0.625. The van der Waals surface area contributed by atoms with Crippen LogP contribution < -0.4 is 16.0 Å². The summed E-state index contributed by atoms with van der Waals surface area (Å²) in [5, 5.41) is 16.0. The lowest BCUT2D eigenvalue weighted by atomic mass is 10.3. The van der Waals surface area contributed by atoms with Crippen molar-refractivity contribution in [3.63, 3.8) is 0 Å². The molecule has 1 aromatic rings. The highest BCUT2D eigenvalue weighted by Crippen LogP contribution is 2.13. The fraction of sp³-hybridized carbons (Fsp3) is 0.308. The Balaban J connectivity index is 2.26. The normalized spacial score (nSPS) is 11.3. The van der Waals surface area contributed by atoms with Crippen molar-refractivity contribution >= 4 is 39.5 Å². The van der Waals surface area contributed by atoms with Crippen molar-refractivity contribution in [3.05, 3.63) is 28.7 Å². The van der Waals surface area contributed by atoms with Gasteiger partial charge in [0.05, 0.1) is 0 Å². The first-order valence-corrected chi connectivity index (χ1v) is 7.00. The minimum atomic E-state index is -1.11. The maximum atomic E-state index is 11.5. The molecule has 0 fully saturated rings. The SMILES string of the molecule is CC(NC(=O)CCNC(=O)Nc1ccc(Br)cc1)C(=O)O. The number of aliphatic carboxylic acids is 1. The molecule has 0 radical (unpaired) electrons. The fourth-order valence-corrected chi connectivity index (χ4v) is 1.64. The van der Waals surface area contributed by atoms with Crippen molar-refractivity contribution in [1.82, 2.24) is 10.6 Å². The minimum absolute atomic E-state index is 0.00534. The summed E-state index contributed by atoms with van der Waals surface area (Å²) in [7, 11) is 0. The van der Waals surface area contributed by atoms with E-state index in [1.54, 1.807) is 24.3 Å². The smallest absolute Gasteiger partial charge is 0.325 e. The number of carboxylic acid groups (broad SMARTS) is 1. The van der Waals surface area contributed by atoms with Crippen LogP contribution in [0.5, 0.6) is 0 Å². The van der Waals surface area contributed by atoms with Crippen molar-refractivity contribution in [2.45, 2.75) is 19.4 Å². The van der Waals surface area contributed by atoms with Crippen molar-refractivity contribution in [3.8, 4) is 0 Å². The Kier molecular flexibility index (Phi) is 6.67. The van der Waals surface area contributed by atoms with Gasteiger partial charge in [0.1, 0.15) is 6.04 Å². The van der Waals surface area contributed by atoms with Gasteiger partial charge in [-0.1, -0.05) is 15.9 Å². The number of hydrogen-bond donors (Lipinski definition) is 4. The van der Waals surface area contributed by atoms with E-state index in [0.717, 1.165) is 4.47 Å². The van der Waals surface area contributed by atoms with E-state index in [1.165, 1.54) is 6.92 Å². The molecule has 4 N–H and O–H groups in total. The van der Waals surface area contributed by atoms with Crippen LogP contribution in [0.1, 0.15) is 13.3 Å². The first kappa shape index (κ1) is 17.0. The second-order valence-electron chi connectivity index (χ2n) is 4.27. The summed E-state index contributed by atoms with van der Waals surface area (Å²) in [6.45, 7) is 1.48. The molecule has 3 amide bonds. The highest BCUT2D eigenvalue weighted by molar-refractivity contribution is 9.10. The first-order valence-electron chi connectivity index (χ1n) is 6.21. The number of hydrogen-bond acceptors (Lipinski definition) is 3. The highest BCUT2D eigenvalue weighted by Gasteiger charge is 2.13. The van der Waals surface area contributed by atoms with E-state index in [0.29, 0.717) is 5.69 Å². The quantitative estimate of drug-likeness (QED) is 0.619. The van der Waals surface area contributed by atoms with Gasteiger partial charge in [-0.3, -0.25) is 9.59 Å². The van der Waals surface area contributed by atoms with E-state index in [9.17, 15) is 14.4 Å². The Labute approximate surface area is 130 Å². The van der Waals surface area contributed by atoms with Crippen LogP contribution in [0, 0.1) is 0 Å². The summed E-state index contributed by atoms with van der Waals surface area (Å²) in [4.78, 5) is 33.5. The van der Waals surface area contributed by atoms with Crippen LogP contribution in [0.25, 0.3) is 0 Å². The van der Waals surface area contributed by atoms with Gasteiger partial charge in [-0.2, -0.15) is 0 Å². The molecule has 0 aromatic heterocycles. The van der Waals surface area contributed by atoms with Crippen LogP contribution in [-0.4, -0.2) is 35.6 Å². The van der Waals surface area contributed by atoms with Gasteiger partial charge in [-0.15, -0.1) is 0 Å². The number of carbonyl (C=O) groups is 3. The van der Waals surface area contributed by atoms with Gasteiger partial charge in [0, 0.05) is 23.1 Å². The molecule has 0 saturated carbocycles. The predicted molar refractivity (Wildman–Crippen MR) is 81.0 cm³/mol. The van der Waals surface area contributed by atoms with E-state index in [4.69, 9.17) is 5.11 Å². The maximum absolute atomic E-state index is 11.5. The summed E-state index contributed by atoms with van der Waals surface area (Å²) >= 11 is 3.28. The van der Waals surface area contributed by atoms with E-state index in [-0.39, 0.29) is 13.0 Å². The van der Waals surface area contributed by atoms with Gasteiger partial charge in [0.25, 0.3) is 0 Å². The first-order chi connectivity index (χ1) is 9.88. The van der Waals surface area contributed by atoms with Gasteiger partial charge in [-0.05, 0) is 31.2 Å². The lowest BCUT2D eigenvalue weighted by Gasteiger charge is -2.10.